The van der Waals surface area contributed by atoms with Gasteiger partial charge >= 0.3 is 0 Å². The second-order valence-corrected chi connectivity index (χ2v) is 3.40. The minimum atomic E-state index is 0.730. The third-order valence-electron chi connectivity index (χ3n) is 2.34. The van der Waals surface area contributed by atoms with E-state index in [-0.39, 0.29) is 0 Å². The van der Waals surface area contributed by atoms with Crippen LogP contribution in [0.1, 0.15) is 5.69 Å². The Labute approximate surface area is 88.5 Å². The van der Waals surface area contributed by atoms with E-state index in [9.17, 15) is 0 Å². The van der Waals surface area contributed by atoms with Gasteiger partial charge in [-0.05, 0) is 19.1 Å². The van der Waals surface area contributed by atoms with Gasteiger partial charge in [-0.3, -0.25) is 0 Å². The highest BCUT2D eigenvalue weighted by atomic mass is 15.1. The highest BCUT2D eigenvalue weighted by Gasteiger charge is 2.08. The zero-order chi connectivity index (χ0) is 10.8. The molecule has 0 saturated carbocycles. The molecule has 0 amide bonds. The molecule has 1 aromatic heterocycles. The van der Waals surface area contributed by atoms with Crippen LogP contribution in [0.15, 0.2) is 24.3 Å². The molecule has 15 heavy (non-hydrogen) atoms. The van der Waals surface area contributed by atoms with E-state index < -0.39 is 0 Å². The molecule has 0 aliphatic carbocycles. The lowest BCUT2D eigenvalue weighted by Crippen LogP contribution is -1.91. The molecule has 2 aromatic rings. The first-order valence-corrected chi connectivity index (χ1v) is 4.81. The van der Waals surface area contributed by atoms with Crippen LogP contribution in [0.5, 0.6) is 0 Å². The first kappa shape index (κ1) is 9.58. The van der Waals surface area contributed by atoms with Crippen LogP contribution < -0.4 is 11.1 Å². The van der Waals surface area contributed by atoms with Gasteiger partial charge in [0.25, 0.3) is 0 Å². The van der Waals surface area contributed by atoms with Crippen LogP contribution in [0.4, 0.5) is 11.5 Å². The smallest absolute Gasteiger partial charge is 0.147 e. The number of nitrogens with zero attached hydrogens (tertiary/aromatic N) is 1. The normalized spacial score (nSPS) is 10.3. The largest absolute Gasteiger partial charge is 0.398 e. The van der Waals surface area contributed by atoms with Gasteiger partial charge in [-0.15, -0.1) is 0 Å². The summed E-state index contributed by atoms with van der Waals surface area (Å²) in [6, 6.07) is 7.68. The van der Waals surface area contributed by atoms with Gasteiger partial charge in [0.2, 0.25) is 0 Å². The Hall–Kier alpha value is -1.97. The van der Waals surface area contributed by atoms with Crippen molar-refractivity contribution in [3.05, 3.63) is 30.0 Å². The fourth-order valence-electron chi connectivity index (χ4n) is 1.54. The number of para-hydroxylation sites is 1. The summed E-state index contributed by atoms with van der Waals surface area (Å²) in [5, 5.41) is 3.02. The molecule has 0 spiro atoms. The highest BCUT2D eigenvalue weighted by molar-refractivity contribution is 5.72. The van der Waals surface area contributed by atoms with Crippen molar-refractivity contribution in [2.45, 2.75) is 6.92 Å². The average molecular weight is 202 g/mol. The van der Waals surface area contributed by atoms with Gasteiger partial charge in [0.15, 0.2) is 0 Å². The minimum absolute atomic E-state index is 0.730. The van der Waals surface area contributed by atoms with Crippen molar-refractivity contribution >= 4 is 11.5 Å². The predicted molar refractivity (Wildman–Crippen MR) is 62.7 cm³/mol. The summed E-state index contributed by atoms with van der Waals surface area (Å²) in [4.78, 5) is 7.61. The molecule has 0 fully saturated rings. The maximum atomic E-state index is 5.87. The number of anilines is 2. The van der Waals surface area contributed by atoms with E-state index in [1.165, 1.54) is 0 Å². The highest BCUT2D eigenvalue weighted by Crippen LogP contribution is 2.25. The second-order valence-electron chi connectivity index (χ2n) is 3.40. The Kier molecular flexibility index (Phi) is 2.33. The number of nitrogen functional groups attached to an aromatic ring is 1. The topological polar surface area (TPSA) is 66.7 Å². The molecule has 2 rings (SSSR count). The molecule has 4 N–H and O–H groups in total. The number of benzene rings is 1. The summed E-state index contributed by atoms with van der Waals surface area (Å²) in [7, 11) is 1.85. The molecule has 0 aliphatic rings. The van der Waals surface area contributed by atoms with Crippen molar-refractivity contribution in [2.24, 2.45) is 0 Å². The van der Waals surface area contributed by atoms with E-state index in [0.29, 0.717) is 0 Å². The van der Waals surface area contributed by atoms with Gasteiger partial charge in [-0.25, -0.2) is 4.98 Å². The van der Waals surface area contributed by atoms with Crippen molar-refractivity contribution in [1.82, 2.24) is 9.97 Å². The summed E-state index contributed by atoms with van der Waals surface area (Å²) in [5.41, 5.74) is 8.55. The molecule has 1 heterocycles. The lowest BCUT2D eigenvalue weighted by molar-refractivity contribution is 1.25. The third-order valence-corrected chi connectivity index (χ3v) is 2.34. The van der Waals surface area contributed by atoms with E-state index in [4.69, 9.17) is 5.73 Å². The maximum Gasteiger partial charge on any atom is 0.147 e. The van der Waals surface area contributed by atoms with Gasteiger partial charge in [0.1, 0.15) is 11.6 Å². The minimum Gasteiger partial charge on any atom is -0.398 e. The number of aryl methyl sites for hydroxylation is 1. The van der Waals surface area contributed by atoms with Gasteiger partial charge in [0, 0.05) is 18.3 Å². The van der Waals surface area contributed by atoms with Crippen LogP contribution in [0.3, 0.4) is 0 Å². The number of aromatic nitrogens is 2. The Morgan fingerprint density at radius 1 is 1.33 bits per heavy atom. The lowest BCUT2D eigenvalue weighted by atomic mass is 10.2. The van der Waals surface area contributed by atoms with Crippen LogP contribution in [0.2, 0.25) is 0 Å². The second kappa shape index (κ2) is 3.65. The molecular weight excluding hydrogens is 188 g/mol. The Bertz CT molecular complexity index is 473. The van der Waals surface area contributed by atoms with Crippen molar-refractivity contribution in [2.75, 3.05) is 18.1 Å². The number of H-pyrrole nitrogens is 1. The predicted octanol–water partition coefficient (Wildman–Crippen LogP) is 2.01. The number of rotatable bonds is 2. The van der Waals surface area contributed by atoms with E-state index in [1.54, 1.807) is 0 Å². The number of hydrogen-bond donors (Lipinski definition) is 3. The van der Waals surface area contributed by atoms with E-state index in [2.05, 4.69) is 15.3 Å². The summed E-state index contributed by atoms with van der Waals surface area (Å²) in [6.45, 7) is 1.97. The molecule has 78 valence electrons. The lowest BCUT2D eigenvalue weighted by Gasteiger charge is -2.00. The van der Waals surface area contributed by atoms with Crippen LogP contribution >= 0.6 is 0 Å². The zero-order valence-corrected chi connectivity index (χ0v) is 8.83. The fourth-order valence-corrected chi connectivity index (χ4v) is 1.54. The van der Waals surface area contributed by atoms with Gasteiger partial charge in [-0.2, -0.15) is 0 Å². The summed E-state index contributed by atoms with van der Waals surface area (Å²) in [5.74, 6) is 1.66. The Morgan fingerprint density at radius 2 is 2.07 bits per heavy atom. The SMILES string of the molecule is CNc1nc(-c2ccccc2N)[nH]c1C. The molecule has 4 heteroatoms. The summed E-state index contributed by atoms with van der Waals surface area (Å²) >= 11 is 0. The molecule has 0 atom stereocenters. The molecule has 0 aliphatic heterocycles. The summed E-state index contributed by atoms with van der Waals surface area (Å²) < 4.78 is 0. The van der Waals surface area contributed by atoms with Gasteiger partial charge in [-0.1, -0.05) is 12.1 Å². The van der Waals surface area contributed by atoms with Crippen molar-refractivity contribution < 1.29 is 0 Å². The quantitative estimate of drug-likeness (QED) is 0.652. The first-order valence-electron chi connectivity index (χ1n) is 4.81. The van der Waals surface area contributed by atoms with E-state index >= 15 is 0 Å². The number of nitrogens with one attached hydrogen (secondary N) is 2. The fraction of sp³-hybridized carbons (Fsp3) is 0.182. The van der Waals surface area contributed by atoms with Gasteiger partial charge in [0.05, 0.1) is 5.69 Å². The average Bonchev–Trinajstić information content (AvgIpc) is 2.60. The van der Waals surface area contributed by atoms with Crippen molar-refractivity contribution in [3.63, 3.8) is 0 Å². The van der Waals surface area contributed by atoms with Crippen LogP contribution in [-0.4, -0.2) is 17.0 Å². The first-order chi connectivity index (χ1) is 7.22. The molecule has 0 radical (unpaired) electrons. The number of aromatic amines is 1. The van der Waals surface area contributed by atoms with E-state index in [0.717, 1.165) is 28.6 Å². The van der Waals surface area contributed by atoms with Crippen LogP contribution in [0.25, 0.3) is 11.4 Å². The Morgan fingerprint density at radius 3 is 2.67 bits per heavy atom. The molecule has 1 aromatic carbocycles. The van der Waals surface area contributed by atoms with Crippen LogP contribution in [-0.2, 0) is 0 Å². The number of hydrogen-bond acceptors (Lipinski definition) is 3. The molecule has 0 saturated heterocycles. The van der Waals surface area contributed by atoms with Crippen molar-refractivity contribution in [1.29, 1.82) is 0 Å². The van der Waals surface area contributed by atoms with Crippen LogP contribution in [0, 0.1) is 6.92 Å². The monoisotopic (exact) mass is 202 g/mol. The summed E-state index contributed by atoms with van der Waals surface area (Å²) in [6.07, 6.45) is 0. The molecule has 4 nitrogen and oxygen atoms in total. The molecular formula is C11H14N4. The number of nitrogens with two attached hydrogens (primary N) is 1. The molecule has 0 bridgehead atoms. The van der Waals surface area contributed by atoms with Crippen molar-refractivity contribution in [3.8, 4) is 11.4 Å². The standard InChI is InChI=1S/C11H14N4/c1-7-10(13-2)15-11(14-7)8-5-3-4-6-9(8)12/h3-6,13H,12H2,1-2H3,(H,14,15). The Balaban J connectivity index is 2.50. The third kappa shape index (κ3) is 1.66. The number of imidazole rings is 1. The van der Waals surface area contributed by atoms with E-state index in [1.807, 2.05) is 38.2 Å². The van der Waals surface area contributed by atoms with Gasteiger partial charge < -0.3 is 16.0 Å². The maximum absolute atomic E-state index is 5.87. The molecule has 0 unspecified atom stereocenters. The zero-order valence-electron chi connectivity index (χ0n) is 8.83.